The Bertz CT molecular complexity index is 886. The van der Waals surface area contributed by atoms with Crippen LogP contribution in [-0.2, 0) is 14.8 Å². The number of nitrogens with one attached hydrogen (secondary N) is 1. The van der Waals surface area contributed by atoms with Crippen molar-refractivity contribution in [1.82, 2.24) is 14.5 Å². The number of hydrogen-bond acceptors (Lipinski definition) is 7. The van der Waals surface area contributed by atoms with Gasteiger partial charge in [-0.25, -0.2) is 8.42 Å². The lowest BCUT2D eigenvalue weighted by Gasteiger charge is -2.31. The van der Waals surface area contributed by atoms with Gasteiger partial charge in [0.2, 0.25) is 21.1 Å². The SMILES string of the molecule is CSc1nnc(NC(=O)C2CCCN(S(=O)(=O)c3ccc(Cl)cc3)C2)s1. The van der Waals surface area contributed by atoms with Gasteiger partial charge in [0.15, 0.2) is 4.34 Å². The van der Waals surface area contributed by atoms with Crippen LogP contribution in [-0.4, -0.2) is 48.2 Å². The van der Waals surface area contributed by atoms with Crippen molar-refractivity contribution in [3.05, 3.63) is 29.3 Å². The quantitative estimate of drug-likeness (QED) is 0.576. The van der Waals surface area contributed by atoms with Crippen molar-refractivity contribution in [1.29, 1.82) is 0 Å². The zero-order valence-corrected chi connectivity index (χ0v) is 17.1. The maximum atomic E-state index is 12.8. The van der Waals surface area contributed by atoms with E-state index in [1.54, 1.807) is 12.1 Å². The Labute approximate surface area is 165 Å². The number of halogens is 1. The Balaban J connectivity index is 1.70. The van der Waals surface area contributed by atoms with Crippen LogP contribution in [0.3, 0.4) is 0 Å². The van der Waals surface area contributed by atoms with E-state index < -0.39 is 15.9 Å². The van der Waals surface area contributed by atoms with Gasteiger partial charge in [0.1, 0.15) is 0 Å². The molecule has 0 spiro atoms. The lowest BCUT2D eigenvalue weighted by atomic mass is 9.99. The number of carbonyl (C=O) groups is 1. The van der Waals surface area contributed by atoms with E-state index in [2.05, 4.69) is 15.5 Å². The average Bonchev–Trinajstić information content (AvgIpc) is 3.10. The number of benzene rings is 1. The Morgan fingerprint density at radius 2 is 2.08 bits per heavy atom. The summed E-state index contributed by atoms with van der Waals surface area (Å²) in [4.78, 5) is 12.7. The predicted molar refractivity (Wildman–Crippen MR) is 103 cm³/mol. The minimum atomic E-state index is -3.65. The molecule has 2 aromatic rings. The Morgan fingerprint density at radius 1 is 1.35 bits per heavy atom. The fourth-order valence-corrected chi connectivity index (χ4v) is 5.50. The Kier molecular flexibility index (Phi) is 6.18. The molecular formula is C15H17ClN4O3S3. The van der Waals surface area contributed by atoms with Gasteiger partial charge in [0, 0.05) is 18.1 Å². The van der Waals surface area contributed by atoms with Gasteiger partial charge < -0.3 is 5.32 Å². The van der Waals surface area contributed by atoms with Gasteiger partial charge in [-0.3, -0.25) is 4.79 Å². The van der Waals surface area contributed by atoms with Crippen LogP contribution in [0.5, 0.6) is 0 Å². The number of nitrogens with zero attached hydrogens (tertiary/aromatic N) is 3. The van der Waals surface area contributed by atoms with Gasteiger partial charge in [-0.15, -0.1) is 10.2 Å². The zero-order chi connectivity index (χ0) is 18.7. The average molecular weight is 433 g/mol. The molecule has 1 unspecified atom stereocenters. The third-order valence-corrected chi connectivity index (χ3v) is 7.96. The molecular weight excluding hydrogens is 416 g/mol. The maximum absolute atomic E-state index is 12.8. The lowest BCUT2D eigenvalue weighted by molar-refractivity contribution is -0.120. The van der Waals surface area contributed by atoms with Crippen LogP contribution in [0.2, 0.25) is 5.02 Å². The van der Waals surface area contributed by atoms with Crippen LogP contribution in [0.4, 0.5) is 5.13 Å². The summed E-state index contributed by atoms with van der Waals surface area (Å²) in [6.45, 7) is 0.537. The molecule has 0 aliphatic carbocycles. The van der Waals surface area contributed by atoms with Crippen LogP contribution >= 0.6 is 34.7 Å². The smallest absolute Gasteiger partial charge is 0.243 e. The summed E-state index contributed by atoms with van der Waals surface area (Å²) in [6.07, 6.45) is 3.14. The number of thioether (sulfide) groups is 1. The molecule has 0 saturated carbocycles. The first-order chi connectivity index (χ1) is 12.4. The molecule has 3 rings (SSSR count). The van der Waals surface area contributed by atoms with E-state index in [9.17, 15) is 13.2 Å². The van der Waals surface area contributed by atoms with Crippen molar-refractivity contribution in [2.45, 2.75) is 22.1 Å². The van der Waals surface area contributed by atoms with E-state index in [0.29, 0.717) is 29.5 Å². The van der Waals surface area contributed by atoms with E-state index >= 15 is 0 Å². The number of aromatic nitrogens is 2. The number of rotatable bonds is 5. The molecule has 0 bridgehead atoms. The van der Waals surface area contributed by atoms with Gasteiger partial charge in [-0.05, 0) is 43.4 Å². The molecule has 1 N–H and O–H groups in total. The second-order valence-corrected chi connectivity index (χ2v) is 10.1. The van der Waals surface area contributed by atoms with Gasteiger partial charge in [0.25, 0.3) is 0 Å². The van der Waals surface area contributed by atoms with Crippen molar-refractivity contribution in [3.63, 3.8) is 0 Å². The molecule has 0 radical (unpaired) electrons. The summed E-state index contributed by atoms with van der Waals surface area (Å²) in [5, 5.41) is 11.5. The molecule has 2 heterocycles. The molecule has 1 aliphatic rings. The van der Waals surface area contributed by atoms with Crippen LogP contribution in [0.25, 0.3) is 0 Å². The van der Waals surface area contributed by atoms with Crippen molar-refractivity contribution in [2.24, 2.45) is 5.92 Å². The number of anilines is 1. The third-order valence-electron chi connectivity index (χ3n) is 4.02. The highest BCUT2D eigenvalue weighted by Gasteiger charge is 2.33. The van der Waals surface area contributed by atoms with Crippen molar-refractivity contribution >= 4 is 55.8 Å². The van der Waals surface area contributed by atoms with Crippen LogP contribution in [0.1, 0.15) is 12.8 Å². The molecule has 1 aromatic carbocycles. The second-order valence-electron chi connectivity index (χ2n) is 5.72. The van der Waals surface area contributed by atoms with Crippen molar-refractivity contribution < 1.29 is 13.2 Å². The summed E-state index contributed by atoms with van der Waals surface area (Å²) < 4.78 is 27.7. The monoisotopic (exact) mass is 432 g/mol. The molecule has 1 aliphatic heterocycles. The number of carbonyl (C=O) groups excluding carboxylic acids is 1. The van der Waals surface area contributed by atoms with Gasteiger partial charge in [-0.2, -0.15) is 4.31 Å². The molecule has 11 heteroatoms. The van der Waals surface area contributed by atoms with Crippen LogP contribution in [0.15, 0.2) is 33.5 Å². The highest BCUT2D eigenvalue weighted by Crippen LogP contribution is 2.27. The molecule has 26 heavy (non-hydrogen) atoms. The predicted octanol–water partition coefficient (Wildman–Crippen LogP) is 2.95. The van der Waals surface area contributed by atoms with E-state index in [1.165, 1.54) is 39.5 Å². The molecule has 1 saturated heterocycles. The first-order valence-electron chi connectivity index (χ1n) is 7.84. The molecule has 7 nitrogen and oxygen atoms in total. The van der Waals surface area contributed by atoms with E-state index in [4.69, 9.17) is 11.6 Å². The molecule has 1 fully saturated rings. The van der Waals surface area contributed by atoms with Crippen LogP contribution < -0.4 is 5.32 Å². The Morgan fingerprint density at radius 3 is 2.73 bits per heavy atom. The third kappa shape index (κ3) is 4.37. The summed E-state index contributed by atoms with van der Waals surface area (Å²) in [5.74, 6) is -0.655. The highest BCUT2D eigenvalue weighted by molar-refractivity contribution is 8.00. The van der Waals surface area contributed by atoms with E-state index in [-0.39, 0.29) is 17.3 Å². The van der Waals surface area contributed by atoms with Crippen molar-refractivity contribution in [2.75, 3.05) is 24.7 Å². The number of piperidine rings is 1. The first-order valence-corrected chi connectivity index (χ1v) is 11.7. The topological polar surface area (TPSA) is 92.3 Å². The summed E-state index contributed by atoms with van der Waals surface area (Å²) in [5.41, 5.74) is 0. The standard InChI is InChI=1S/C15H17ClN4O3S3/c1-24-15-19-18-14(25-15)17-13(21)10-3-2-8-20(9-10)26(22,23)12-6-4-11(16)5-7-12/h4-7,10H,2-3,8-9H2,1H3,(H,17,18,21). The van der Waals surface area contributed by atoms with Crippen molar-refractivity contribution in [3.8, 4) is 0 Å². The van der Waals surface area contributed by atoms with E-state index in [1.807, 2.05) is 6.26 Å². The number of sulfonamides is 1. The Hall–Kier alpha value is -1.20. The largest absolute Gasteiger partial charge is 0.300 e. The lowest BCUT2D eigenvalue weighted by Crippen LogP contribution is -2.43. The maximum Gasteiger partial charge on any atom is 0.243 e. The van der Waals surface area contributed by atoms with Gasteiger partial charge in [-0.1, -0.05) is 34.7 Å². The molecule has 1 aromatic heterocycles. The minimum Gasteiger partial charge on any atom is -0.300 e. The molecule has 1 amide bonds. The number of amides is 1. The van der Waals surface area contributed by atoms with Gasteiger partial charge >= 0.3 is 0 Å². The normalized spacial score (nSPS) is 18.6. The van der Waals surface area contributed by atoms with E-state index in [0.717, 1.165) is 4.34 Å². The fourth-order valence-electron chi connectivity index (χ4n) is 2.68. The fraction of sp³-hybridized carbons (Fsp3) is 0.400. The summed E-state index contributed by atoms with van der Waals surface area (Å²) in [7, 11) is -3.65. The molecule has 140 valence electrons. The summed E-state index contributed by atoms with van der Waals surface area (Å²) in [6, 6.07) is 6.04. The van der Waals surface area contributed by atoms with Crippen LogP contribution in [0, 0.1) is 5.92 Å². The second kappa shape index (κ2) is 8.22. The summed E-state index contributed by atoms with van der Waals surface area (Å²) >= 11 is 8.57. The number of hydrogen-bond donors (Lipinski definition) is 1. The first kappa shape index (κ1) is 19.6. The van der Waals surface area contributed by atoms with Gasteiger partial charge in [0.05, 0.1) is 10.8 Å². The molecule has 1 atom stereocenters. The minimum absolute atomic E-state index is 0.144. The zero-order valence-electron chi connectivity index (χ0n) is 13.9. The highest BCUT2D eigenvalue weighted by atomic mass is 35.5.